The van der Waals surface area contributed by atoms with Crippen LogP contribution >= 0.6 is 11.8 Å². The lowest BCUT2D eigenvalue weighted by molar-refractivity contribution is -0.131. The summed E-state index contributed by atoms with van der Waals surface area (Å²) in [5.41, 5.74) is 1.02. The number of carbonyl (C=O) groups is 1. The minimum Gasteiger partial charge on any atom is -0.340 e. The van der Waals surface area contributed by atoms with E-state index in [1.165, 1.54) is 0 Å². The van der Waals surface area contributed by atoms with Gasteiger partial charge in [0.15, 0.2) is 0 Å². The summed E-state index contributed by atoms with van der Waals surface area (Å²) >= 11 is 1.76. The van der Waals surface area contributed by atoms with Gasteiger partial charge in [-0.05, 0) is 0 Å². The molecule has 1 aromatic heterocycles. The first-order chi connectivity index (χ1) is 7.27. The summed E-state index contributed by atoms with van der Waals surface area (Å²) in [6.07, 6.45) is 3.54. The highest BCUT2D eigenvalue weighted by Crippen LogP contribution is 2.12. The fourth-order valence-electron chi connectivity index (χ4n) is 1.54. The van der Waals surface area contributed by atoms with Gasteiger partial charge < -0.3 is 4.90 Å². The fraction of sp³-hybridized carbons (Fsp3) is 0.556. The second kappa shape index (κ2) is 4.67. The lowest BCUT2D eigenvalue weighted by Gasteiger charge is -2.19. The average molecular weight is 226 g/mol. The lowest BCUT2D eigenvalue weighted by Crippen LogP contribution is -2.42. The monoisotopic (exact) mass is 226 g/mol. The maximum atomic E-state index is 11.9. The molecule has 1 fully saturated rings. The van der Waals surface area contributed by atoms with Gasteiger partial charge in [-0.3, -0.25) is 15.2 Å². The van der Waals surface area contributed by atoms with Gasteiger partial charge in [0.05, 0.1) is 12.2 Å². The highest BCUT2D eigenvalue weighted by atomic mass is 32.2. The molecule has 0 saturated carbocycles. The molecule has 1 aromatic rings. The number of carbonyl (C=O) groups excluding carboxylic acids is 1. The average Bonchev–Trinajstić information content (AvgIpc) is 2.88. The molecule has 1 aliphatic rings. The summed E-state index contributed by atoms with van der Waals surface area (Å²) in [6, 6.07) is -0.0214. The number of thioether (sulfide) groups is 1. The van der Waals surface area contributed by atoms with E-state index in [0.29, 0.717) is 6.54 Å². The predicted octanol–water partition coefficient (Wildman–Crippen LogP) is 0.0306. The molecule has 15 heavy (non-hydrogen) atoms. The maximum absolute atomic E-state index is 11.9. The number of likely N-dealkylation sites (N-methyl/N-ethyl adjacent to an activating group) is 1. The number of nitrogens with zero attached hydrogens (tertiary/aromatic N) is 2. The zero-order valence-corrected chi connectivity index (χ0v) is 9.38. The van der Waals surface area contributed by atoms with Crippen LogP contribution in [0.2, 0.25) is 0 Å². The Morgan fingerprint density at radius 1 is 1.80 bits per heavy atom. The van der Waals surface area contributed by atoms with Crippen molar-refractivity contribution in [2.45, 2.75) is 12.6 Å². The lowest BCUT2D eigenvalue weighted by atomic mass is 10.2. The molecule has 0 spiro atoms. The van der Waals surface area contributed by atoms with Gasteiger partial charge >= 0.3 is 0 Å². The predicted molar refractivity (Wildman–Crippen MR) is 59.3 cm³/mol. The molecule has 6 heteroatoms. The highest BCUT2D eigenvalue weighted by Gasteiger charge is 2.25. The first-order valence-electron chi connectivity index (χ1n) is 4.81. The van der Waals surface area contributed by atoms with Gasteiger partial charge in [-0.25, -0.2) is 0 Å². The van der Waals surface area contributed by atoms with Crippen LogP contribution in [0.3, 0.4) is 0 Å². The van der Waals surface area contributed by atoms with Crippen LogP contribution in [-0.4, -0.2) is 45.7 Å². The van der Waals surface area contributed by atoms with E-state index in [-0.39, 0.29) is 11.9 Å². The zero-order valence-electron chi connectivity index (χ0n) is 8.56. The summed E-state index contributed by atoms with van der Waals surface area (Å²) in [7, 11) is 1.82. The molecule has 1 saturated heterocycles. The van der Waals surface area contributed by atoms with Crippen molar-refractivity contribution in [1.29, 1.82) is 0 Å². The van der Waals surface area contributed by atoms with Gasteiger partial charge in [-0.15, -0.1) is 11.8 Å². The Hall–Kier alpha value is -1.01. The van der Waals surface area contributed by atoms with Gasteiger partial charge in [-0.2, -0.15) is 5.10 Å². The molecular formula is C9H14N4OS. The van der Waals surface area contributed by atoms with E-state index >= 15 is 0 Å². The minimum atomic E-state index is -0.0214. The number of hydrogen-bond acceptors (Lipinski definition) is 4. The highest BCUT2D eigenvalue weighted by molar-refractivity contribution is 7.99. The Bertz CT molecular complexity index is 321. The summed E-state index contributed by atoms with van der Waals surface area (Å²) in [6.45, 7) is 0.609. The molecule has 1 unspecified atom stereocenters. The molecule has 82 valence electrons. The van der Waals surface area contributed by atoms with E-state index < -0.39 is 0 Å². The third-order valence-corrected chi connectivity index (χ3v) is 3.31. The molecule has 2 heterocycles. The topological polar surface area (TPSA) is 61.0 Å². The number of hydrogen-bond donors (Lipinski definition) is 2. The standard InChI is InChI=1S/C9H14N4OS/c1-13(4-7-2-11-12-3-7)9(14)8-5-15-6-10-8/h2-3,8,10H,4-6H2,1H3,(H,11,12). The summed E-state index contributed by atoms with van der Waals surface area (Å²) in [4.78, 5) is 13.6. The normalized spacial score (nSPS) is 20.5. The Balaban J connectivity index is 1.89. The Morgan fingerprint density at radius 2 is 2.67 bits per heavy atom. The van der Waals surface area contributed by atoms with Gasteiger partial charge in [0.1, 0.15) is 0 Å². The number of nitrogens with one attached hydrogen (secondary N) is 2. The van der Waals surface area contributed by atoms with Crippen LogP contribution in [0.1, 0.15) is 5.56 Å². The Kier molecular flexibility index (Phi) is 3.27. The molecule has 5 nitrogen and oxygen atoms in total. The fourth-order valence-corrected chi connectivity index (χ4v) is 2.47. The first-order valence-corrected chi connectivity index (χ1v) is 5.96. The van der Waals surface area contributed by atoms with Crippen LogP contribution in [0.5, 0.6) is 0 Å². The largest absolute Gasteiger partial charge is 0.340 e. The van der Waals surface area contributed by atoms with E-state index in [1.807, 2.05) is 7.05 Å². The van der Waals surface area contributed by atoms with Crippen molar-refractivity contribution >= 4 is 17.7 Å². The molecular weight excluding hydrogens is 212 g/mol. The van der Waals surface area contributed by atoms with Crippen LogP contribution in [0, 0.1) is 0 Å². The molecule has 1 aliphatic heterocycles. The third kappa shape index (κ3) is 2.51. The quantitative estimate of drug-likeness (QED) is 0.763. The number of H-pyrrole nitrogens is 1. The van der Waals surface area contributed by atoms with Gasteiger partial charge in [0.25, 0.3) is 0 Å². The van der Waals surface area contributed by atoms with Gasteiger partial charge in [-0.1, -0.05) is 0 Å². The van der Waals surface area contributed by atoms with Crippen LogP contribution in [-0.2, 0) is 11.3 Å². The van der Waals surface area contributed by atoms with E-state index in [9.17, 15) is 4.79 Å². The van der Waals surface area contributed by atoms with E-state index in [2.05, 4.69) is 15.5 Å². The molecule has 0 aliphatic carbocycles. The van der Waals surface area contributed by atoms with Crippen molar-refractivity contribution in [3.63, 3.8) is 0 Å². The third-order valence-electron chi connectivity index (χ3n) is 2.37. The zero-order chi connectivity index (χ0) is 10.7. The van der Waals surface area contributed by atoms with E-state index in [4.69, 9.17) is 0 Å². The molecule has 2 rings (SSSR count). The SMILES string of the molecule is CN(Cc1cn[nH]c1)C(=O)C1CSCN1. The molecule has 0 aromatic carbocycles. The maximum Gasteiger partial charge on any atom is 0.240 e. The summed E-state index contributed by atoms with van der Waals surface area (Å²) in [5.74, 6) is 1.89. The summed E-state index contributed by atoms with van der Waals surface area (Å²) < 4.78 is 0. The van der Waals surface area contributed by atoms with Crippen molar-refractivity contribution in [2.24, 2.45) is 0 Å². The second-order valence-electron chi connectivity index (χ2n) is 3.57. The van der Waals surface area contributed by atoms with E-state index in [1.54, 1.807) is 29.1 Å². The smallest absolute Gasteiger partial charge is 0.240 e. The number of amides is 1. The second-order valence-corrected chi connectivity index (χ2v) is 4.60. The van der Waals surface area contributed by atoms with Crippen LogP contribution in [0.4, 0.5) is 0 Å². The van der Waals surface area contributed by atoms with Gasteiger partial charge in [0.2, 0.25) is 5.91 Å². The number of aromatic amines is 1. The first kappa shape index (κ1) is 10.5. The molecule has 0 bridgehead atoms. The van der Waals surface area contributed by atoms with Crippen molar-refractivity contribution < 1.29 is 4.79 Å². The Labute approximate surface area is 92.6 Å². The van der Waals surface area contributed by atoms with Crippen LogP contribution in [0.25, 0.3) is 0 Å². The van der Waals surface area contributed by atoms with Crippen molar-refractivity contribution in [1.82, 2.24) is 20.4 Å². The Morgan fingerprint density at radius 3 is 3.27 bits per heavy atom. The van der Waals surface area contributed by atoms with Crippen molar-refractivity contribution in [2.75, 3.05) is 18.7 Å². The molecule has 0 radical (unpaired) electrons. The van der Waals surface area contributed by atoms with Crippen LogP contribution in [0.15, 0.2) is 12.4 Å². The minimum absolute atomic E-state index is 0.0214. The van der Waals surface area contributed by atoms with Crippen LogP contribution < -0.4 is 5.32 Å². The molecule has 1 atom stereocenters. The van der Waals surface area contributed by atoms with Crippen molar-refractivity contribution in [3.05, 3.63) is 18.0 Å². The molecule has 2 N–H and O–H groups in total. The summed E-state index contributed by atoms with van der Waals surface area (Å²) in [5, 5.41) is 9.75. The number of aromatic nitrogens is 2. The van der Waals surface area contributed by atoms with E-state index in [0.717, 1.165) is 17.2 Å². The number of rotatable bonds is 3. The molecule has 1 amide bonds. The van der Waals surface area contributed by atoms with Gasteiger partial charge in [0, 0.05) is 37.0 Å². The van der Waals surface area contributed by atoms with Crippen molar-refractivity contribution in [3.8, 4) is 0 Å².